The van der Waals surface area contributed by atoms with Gasteiger partial charge in [-0.2, -0.15) is 0 Å². The van der Waals surface area contributed by atoms with Crippen molar-refractivity contribution in [3.63, 3.8) is 0 Å². The molecule has 2 unspecified atom stereocenters. The Morgan fingerprint density at radius 1 is 1.17 bits per heavy atom. The van der Waals surface area contributed by atoms with E-state index in [9.17, 15) is 27.6 Å². The maximum Gasteiger partial charge on any atom is 0.408 e. The van der Waals surface area contributed by atoms with Crippen LogP contribution in [0.15, 0.2) is 12.2 Å². The number of Topliss-reactive ketones (excluding diaryl/α,β-unsaturated/α-hetero) is 1. The average molecular weight is 619 g/mol. The average Bonchev–Trinajstić information content (AvgIpc) is 3.46. The third-order valence-corrected chi connectivity index (χ3v) is 8.55. The molecule has 3 amide bonds. The highest BCUT2D eigenvalue weighted by Gasteiger charge is 2.58. The molecular formula is C27H47N4O8PS. The van der Waals surface area contributed by atoms with E-state index in [1.807, 2.05) is 23.8 Å². The van der Waals surface area contributed by atoms with Gasteiger partial charge in [0.25, 0.3) is 5.91 Å². The molecule has 41 heavy (non-hydrogen) atoms. The van der Waals surface area contributed by atoms with E-state index in [2.05, 4.69) is 19.8 Å². The van der Waals surface area contributed by atoms with Crippen molar-refractivity contribution in [3.8, 4) is 0 Å². The van der Waals surface area contributed by atoms with Crippen molar-refractivity contribution < 1.29 is 37.1 Å². The minimum absolute atomic E-state index is 0.116. The lowest BCUT2D eigenvalue weighted by Crippen LogP contribution is -2.52. The summed E-state index contributed by atoms with van der Waals surface area (Å²) >= 11 is 0. The van der Waals surface area contributed by atoms with Crippen molar-refractivity contribution >= 4 is 43.1 Å². The summed E-state index contributed by atoms with van der Waals surface area (Å²) in [5.74, 6) is -1.31. The molecule has 14 heteroatoms. The second kappa shape index (κ2) is 14.4. The molecule has 0 bridgehead atoms. The molecule has 2 rings (SSSR count). The van der Waals surface area contributed by atoms with E-state index < -0.39 is 45.2 Å². The minimum Gasteiger partial charge on any atom is -0.444 e. The molecule has 7 atom stereocenters. The zero-order valence-corrected chi connectivity index (χ0v) is 27.2. The maximum atomic E-state index is 13.6. The van der Waals surface area contributed by atoms with E-state index in [0.29, 0.717) is 19.3 Å². The molecule has 0 radical (unpaired) electrons. The number of hydrogen-bond donors (Lipinski definition) is 3. The molecule has 0 spiro atoms. The van der Waals surface area contributed by atoms with Crippen LogP contribution in [0.4, 0.5) is 4.79 Å². The summed E-state index contributed by atoms with van der Waals surface area (Å²) in [7, 11) is 0.199. The second-order valence-corrected chi connectivity index (χ2v) is 14.1. The Hall–Kier alpha value is -2.08. The number of unbranched alkanes of at least 4 members (excludes halogenated alkanes) is 3. The van der Waals surface area contributed by atoms with Gasteiger partial charge in [-0.05, 0) is 53.4 Å². The quantitative estimate of drug-likeness (QED) is 0.150. The van der Waals surface area contributed by atoms with E-state index in [1.165, 1.54) is 11.8 Å². The SMILES string of the molecule is CO[C@H]1CN(C(=O)[C@H](CCCCC/C=C/[C@@H]2C[C@]2(NP)C(=O)NS(C)(=O)=O)NC(=O)OC(C)(C)C)[C@H](C(C)=O)C1C. The first kappa shape index (κ1) is 35.1. The van der Waals surface area contributed by atoms with E-state index in [-0.39, 0.29) is 36.2 Å². The molecule has 0 aromatic heterocycles. The Balaban J connectivity index is 1.94. The lowest BCUT2D eigenvalue weighted by molar-refractivity contribution is -0.139. The van der Waals surface area contributed by atoms with E-state index in [4.69, 9.17) is 9.47 Å². The number of sulfonamides is 1. The molecule has 2 fully saturated rings. The van der Waals surface area contributed by atoms with Gasteiger partial charge in [0.05, 0.1) is 18.4 Å². The van der Waals surface area contributed by atoms with Gasteiger partial charge in [-0.1, -0.05) is 41.3 Å². The first-order valence-electron chi connectivity index (χ1n) is 14.0. The van der Waals surface area contributed by atoms with Crippen LogP contribution in [0, 0.1) is 11.8 Å². The molecule has 1 aliphatic heterocycles. The van der Waals surface area contributed by atoms with Gasteiger partial charge in [0.15, 0.2) is 5.78 Å². The molecule has 1 aliphatic carbocycles. The normalized spacial score (nSPS) is 27.0. The number of likely N-dealkylation sites (tertiary alicyclic amines) is 1. The van der Waals surface area contributed by atoms with Crippen LogP contribution < -0.4 is 15.1 Å². The summed E-state index contributed by atoms with van der Waals surface area (Å²) in [5.41, 5.74) is -1.68. The Morgan fingerprint density at radius 3 is 2.37 bits per heavy atom. The largest absolute Gasteiger partial charge is 0.444 e. The van der Waals surface area contributed by atoms with Gasteiger partial charge in [0.2, 0.25) is 15.9 Å². The van der Waals surface area contributed by atoms with Crippen molar-refractivity contribution in [2.75, 3.05) is 19.9 Å². The highest BCUT2D eigenvalue weighted by molar-refractivity contribution is 7.89. The number of methoxy groups -OCH3 is 1. The van der Waals surface area contributed by atoms with E-state index in [0.717, 1.165) is 25.5 Å². The molecular weight excluding hydrogens is 571 g/mol. The molecule has 1 heterocycles. The van der Waals surface area contributed by atoms with Crippen molar-refractivity contribution in [3.05, 3.63) is 12.2 Å². The van der Waals surface area contributed by atoms with Gasteiger partial charge < -0.3 is 19.7 Å². The molecule has 2 aliphatic rings. The highest BCUT2D eigenvalue weighted by Crippen LogP contribution is 2.45. The third-order valence-electron chi connectivity index (χ3n) is 7.48. The summed E-state index contributed by atoms with van der Waals surface area (Å²) in [4.78, 5) is 52.4. The molecule has 1 saturated carbocycles. The number of carbonyl (C=O) groups is 4. The molecule has 1 saturated heterocycles. The first-order chi connectivity index (χ1) is 19.0. The number of ether oxygens (including phenoxy) is 2. The number of rotatable bonds is 14. The lowest BCUT2D eigenvalue weighted by atomic mass is 9.97. The van der Waals surface area contributed by atoms with Gasteiger partial charge in [0, 0.05) is 25.5 Å². The zero-order valence-electron chi connectivity index (χ0n) is 25.2. The van der Waals surface area contributed by atoms with Crippen LogP contribution >= 0.6 is 9.39 Å². The van der Waals surface area contributed by atoms with Crippen LogP contribution in [0.2, 0.25) is 0 Å². The highest BCUT2D eigenvalue weighted by atomic mass is 32.2. The Morgan fingerprint density at radius 2 is 1.83 bits per heavy atom. The van der Waals surface area contributed by atoms with Crippen molar-refractivity contribution in [1.29, 1.82) is 0 Å². The summed E-state index contributed by atoms with van der Waals surface area (Å²) in [6.07, 6.45) is 7.72. The number of hydrogen-bond acceptors (Lipinski definition) is 9. The minimum atomic E-state index is -3.64. The predicted octanol–water partition coefficient (Wildman–Crippen LogP) is 2.05. The molecule has 0 aromatic rings. The van der Waals surface area contributed by atoms with Crippen molar-refractivity contribution in [2.45, 2.75) is 102 Å². The number of ketones is 1. The Bertz CT molecular complexity index is 1110. The van der Waals surface area contributed by atoms with E-state index in [1.54, 1.807) is 27.9 Å². The third kappa shape index (κ3) is 10.0. The topological polar surface area (TPSA) is 160 Å². The predicted molar refractivity (Wildman–Crippen MR) is 158 cm³/mol. The number of carbonyl (C=O) groups excluding carboxylic acids is 4. The monoisotopic (exact) mass is 618 g/mol. The van der Waals surface area contributed by atoms with Gasteiger partial charge in [-0.15, -0.1) is 0 Å². The van der Waals surface area contributed by atoms with Gasteiger partial charge in [-0.25, -0.2) is 13.2 Å². The van der Waals surface area contributed by atoms with Crippen molar-refractivity contribution in [2.24, 2.45) is 11.8 Å². The smallest absolute Gasteiger partial charge is 0.408 e. The Kier molecular flexibility index (Phi) is 12.3. The van der Waals surface area contributed by atoms with Crippen LogP contribution in [0.3, 0.4) is 0 Å². The van der Waals surface area contributed by atoms with Gasteiger partial charge >= 0.3 is 6.09 Å². The number of alkyl carbamates (subject to hydrolysis) is 1. The summed E-state index contributed by atoms with van der Waals surface area (Å²) in [6.45, 7) is 8.85. The lowest BCUT2D eigenvalue weighted by Gasteiger charge is -2.29. The summed E-state index contributed by atoms with van der Waals surface area (Å²) in [5, 5.41) is 5.58. The number of nitrogens with one attached hydrogen (secondary N) is 3. The zero-order chi connectivity index (χ0) is 31.2. The summed E-state index contributed by atoms with van der Waals surface area (Å²) in [6, 6.07) is -1.47. The first-order valence-corrected chi connectivity index (χ1v) is 16.4. The second-order valence-electron chi connectivity index (χ2n) is 12.1. The number of nitrogens with zero attached hydrogens (tertiary/aromatic N) is 1. The van der Waals surface area contributed by atoms with Gasteiger partial charge in [0.1, 0.15) is 17.2 Å². The fourth-order valence-corrected chi connectivity index (χ4v) is 6.28. The molecule has 3 N–H and O–H groups in total. The molecule has 12 nitrogen and oxygen atoms in total. The fourth-order valence-electron chi connectivity index (χ4n) is 5.29. The maximum absolute atomic E-state index is 13.6. The van der Waals surface area contributed by atoms with Crippen LogP contribution in [0.25, 0.3) is 0 Å². The van der Waals surface area contributed by atoms with Gasteiger partial charge in [-0.3, -0.25) is 24.2 Å². The molecule has 234 valence electrons. The van der Waals surface area contributed by atoms with Crippen molar-refractivity contribution in [1.82, 2.24) is 20.0 Å². The fraction of sp³-hybridized carbons (Fsp3) is 0.778. The van der Waals surface area contributed by atoms with Crippen LogP contribution in [-0.4, -0.2) is 86.2 Å². The van der Waals surface area contributed by atoms with Crippen LogP contribution in [-0.2, 0) is 33.9 Å². The standard InChI is InChI=1S/C27H47N4O8PS/c1-17-21(38-6)16-31(22(17)18(2)32)23(33)20(28-25(35)39-26(3,4)5)14-12-10-8-9-11-13-19-15-27(19,30-40)24(34)29-41(7,36)37/h11,13,17,19-22,30H,8-10,12,14-16,40H2,1-7H3,(H,28,35)(H,29,34)/b13-11+/t17?,19-,20+,21+,22+,27-/m1/s1. The number of allylic oxidation sites excluding steroid dienone is 1. The van der Waals surface area contributed by atoms with Crippen LogP contribution in [0.5, 0.6) is 0 Å². The molecule has 0 aromatic carbocycles. The van der Waals surface area contributed by atoms with E-state index >= 15 is 0 Å². The van der Waals surface area contributed by atoms with Crippen LogP contribution in [0.1, 0.15) is 73.1 Å². The summed E-state index contributed by atoms with van der Waals surface area (Å²) < 4.78 is 35.7. The Labute approximate surface area is 246 Å². The number of amides is 3.